The zero-order chi connectivity index (χ0) is 20.9. The summed E-state index contributed by atoms with van der Waals surface area (Å²) in [6.45, 7) is 5.58. The van der Waals surface area contributed by atoms with Crippen molar-refractivity contribution >= 4 is 23.2 Å². The molecule has 1 aliphatic carbocycles. The fourth-order valence-corrected chi connectivity index (χ4v) is 5.20. The van der Waals surface area contributed by atoms with Crippen molar-refractivity contribution < 1.29 is 19.1 Å². The van der Waals surface area contributed by atoms with Crippen molar-refractivity contribution in [1.29, 1.82) is 0 Å². The number of nitrogens with one attached hydrogen (secondary N) is 1. The van der Waals surface area contributed by atoms with Crippen LogP contribution < -0.4 is 10.1 Å². The van der Waals surface area contributed by atoms with Crippen molar-refractivity contribution in [2.75, 3.05) is 32.9 Å². The molecule has 1 atom stereocenters. The molecule has 1 aliphatic heterocycles. The summed E-state index contributed by atoms with van der Waals surface area (Å²) >= 11 is 1.59. The van der Waals surface area contributed by atoms with Crippen LogP contribution >= 0.6 is 11.3 Å². The molecule has 160 valence electrons. The summed E-state index contributed by atoms with van der Waals surface area (Å²) in [6.07, 6.45) is 2.38. The van der Waals surface area contributed by atoms with E-state index >= 15 is 0 Å². The Balaban J connectivity index is 1.34. The zero-order valence-electron chi connectivity index (χ0n) is 17.3. The number of benzene rings is 1. The number of hydrogen-bond acceptors (Lipinski definition) is 5. The maximum atomic E-state index is 12.8. The molecule has 1 aromatic carbocycles. The van der Waals surface area contributed by atoms with Crippen LogP contribution in [0.1, 0.15) is 39.0 Å². The second-order valence-corrected chi connectivity index (χ2v) is 8.84. The third kappa shape index (κ3) is 4.84. The van der Waals surface area contributed by atoms with Crippen LogP contribution in [0.3, 0.4) is 0 Å². The first kappa shape index (κ1) is 20.9. The highest BCUT2D eigenvalue weighted by atomic mass is 32.1. The average Bonchev–Trinajstić information content (AvgIpc) is 3.21. The molecule has 7 heteroatoms. The number of carbonyl (C=O) groups excluding carboxylic acids is 2. The van der Waals surface area contributed by atoms with Crippen LogP contribution in [0, 0.1) is 5.92 Å². The van der Waals surface area contributed by atoms with Crippen LogP contribution in [0.4, 0.5) is 0 Å². The molecule has 30 heavy (non-hydrogen) atoms. The fourth-order valence-electron chi connectivity index (χ4n) is 4.02. The van der Waals surface area contributed by atoms with Gasteiger partial charge in [-0.05, 0) is 55.5 Å². The van der Waals surface area contributed by atoms with Gasteiger partial charge in [-0.1, -0.05) is 12.1 Å². The van der Waals surface area contributed by atoms with Gasteiger partial charge >= 0.3 is 0 Å². The first-order valence-corrected chi connectivity index (χ1v) is 11.4. The van der Waals surface area contributed by atoms with Crippen LogP contribution in [-0.2, 0) is 28.9 Å². The summed E-state index contributed by atoms with van der Waals surface area (Å²) in [5.41, 5.74) is 2.18. The maximum Gasteiger partial charge on any atom is 0.264 e. The molecule has 2 heterocycles. The Morgan fingerprint density at radius 2 is 2.10 bits per heavy atom. The Morgan fingerprint density at radius 3 is 2.90 bits per heavy atom. The second-order valence-electron chi connectivity index (χ2n) is 7.70. The first-order chi connectivity index (χ1) is 14.6. The number of carbonyl (C=O) groups is 2. The van der Waals surface area contributed by atoms with Crippen molar-refractivity contribution in [2.45, 2.75) is 32.7 Å². The van der Waals surface area contributed by atoms with Gasteiger partial charge in [-0.25, -0.2) is 0 Å². The molecule has 0 unspecified atom stereocenters. The summed E-state index contributed by atoms with van der Waals surface area (Å²) in [5.74, 6) is 0.943. The highest BCUT2D eigenvalue weighted by Gasteiger charge is 2.28. The van der Waals surface area contributed by atoms with Crippen molar-refractivity contribution in [1.82, 2.24) is 10.2 Å². The lowest BCUT2D eigenvalue weighted by molar-refractivity contribution is -0.125. The van der Waals surface area contributed by atoms with E-state index in [1.54, 1.807) is 11.3 Å². The van der Waals surface area contributed by atoms with Gasteiger partial charge in [0.15, 0.2) is 0 Å². The van der Waals surface area contributed by atoms with Gasteiger partial charge in [-0.15, -0.1) is 11.3 Å². The normalized spacial score (nSPS) is 18.6. The minimum Gasteiger partial charge on any atom is -0.494 e. The highest BCUT2D eigenvalue weighted by molar-refractivity contribution is 7.14. The van der Waals surface area contributed by atoms with Crippen molar-refractivity contribution in [2.24, 2.45) is 5.92 Å². The van der Waals surface area contributed by atoms with Crippen LogP contribution in [0.5, 0.6) is 5.75 Å². The Bertz CT molecular complexity index is 904. The molecule has 6 nitrogen and oxygen atoms in total. The molecular formula is C23H28N2O4S. The third-order valence-corrected chi connectivity index (χ3v) is 6.86. The van der Waals surface area contributed by atoms with E-state index in [0.29, 0.717) is 45.9 Å². The summed E-state index contributed by atoms with van der Waals surface area (Å²) in [5, 5.41) is 3.07. The molecule has 2 aromatic rings. The molecule has 2 amide bonds. The monoisotopic (exact) mass is 428 g/mol. The molecule has 0 saturated carbocycles. The Kier molecular flexibility index (Phi) is 6.69. The number of aryl methyl sites for hydroxylation is 1. The molecule has 0 radical (unpaired) electrons. The van der Waals surface area contributed by atoms with Gasteiger partial charge in [0, 0.05) is 30.4 Å². The quantitative estimate of drug-likeness (QED) is 0.768. The minimum atomic E-state index is -0.0477. The third-order valence-electron chi connectivity index (χ3n) is 5.64. The van der Waals surface area contributed by atoms with E-state index < -0.39 is 0 Å². The lowest BCUT2D eigenvalue weighted by Gasteiger charge is -2.26. The number of morpholine rings is 1. The number of fused-ring (bicyclic) bond motifs is 1. The molecule has 1 saturated heterocycles. The van der Waals surface area contributed by atoms with Crippen LogP contribution in [0.15, 0.2) is 30.3 Å². The maximum absolute atomic E-state index is 12.8. The lowest BCUT2D eigenvalue weighted by atomic mass is 9.87. The summed E-state index contributed by atoms with van der Waals surface area (Å²) in [4.78, 5) is 29.4. The summed E-state index contributed by atoms with van der Waals surface area (Å²) in [6, 6.07) is 9.82. The van der Waals surface area contributed by atoms with E-state index in [1.165, 1.54) is 4.88 Å². The number of thiophene rings is 1. The number of hydrogen-bond donors (Lipinski definition) is 1. The SMILES string of the molecule is CCOc1cccc(CNC(=O)[C@H]2CCc3sc(C(=O)N4CCOCC4)cc3C2)c1. The minimum absolute atomic E-state index is 0.0477. The molecule has 1 fully saturated rings. The molecule has 1 N–H and O–H groups in total. The van der Waals surface area contributed by atoms with Crippen LogP contribution in [0.25, 0.3) is 0 Å². The van der Waals surface area contributed by atoms with E-state index in [2.05, 4.69) is 5.32 Å². The molecule has 1 aromatic heterocycles. The number of ether oxygens (including phenoxy) is 2. The van der Waals surface area contributed by atoms with E-state index in [4.69, 9.17) is 9.47 Å². The predicted octanol–water partition coefficient (Wildman–Crippen LogP) is 3.04. The van der Waals surface area contributed by atoms with Gasteiger partial charge in [-0.3, -0.25) is 9.59 Å². The molecular weight excluding hydrogens is 400 g/mol. The lowest BCUT2D eigenvalue weighted by Crippen LogP contribution is -2.40. The first-order valence-electron chi connectivity index (χ1n) is 10.6. The molecule has 0 spiro atoms. The zero-order valence-corrected chi connectivity index (χ0v) is 18.1. The van der Waals surface area contributed by atoms with Gasteiger partial charge in [0.2, 0.25) is 5.91 Å². The fraction of sp³-hybridized carbons (Fsp3) is 0.478. The van der Waals surface area contributed by atoms with E-state index in [0.717, 1.165) is 34.6 Å². The number of amides is 2. The topological polar surface area (TPSA) is 67.9 Å². The van der Waals surface area contributed by atoms with Crippen LogP contribution in [-0.4, -0.2) is 49.6 Å². The molecule has 2 aliphatic rings. The molecule has 0 bridgehead atoms. The Labute approximate surface area is 181 Å². The van der Waals surface area contributed by atoms with E-state index in [1.807, 2.05) is 42.2 Å². The van der Waals surface area contributed by atoms with Gasteiger partial charge in [-0.2, -0.15) is 0 Å². The standard InChI is InChI=1S/C23H28N2O4S/c1-2-29-19-5-3-4-16(12-19)15-24-22(26)17-6-7-20-18(13-17)14-21(30-20)23(27)25-8-10-28-11-9-25/h3-5,12,14,17H,2,6-11,13,15H2,1H3,(H,24,26)/t17-/m0/s1. The largest absolute Gasteiger partial charge is 0.494 e. The second kappa shape index (κ2) is 9.62. The van der Waals surface area contributed by atoms with Gasteiger partial charge in [0.1, 0.15) is 5.75 Å². The average molecular weight is 429 g/mol. The number of rotatable bonds is 6. The predicted molar refractivity (Wildman–Crippen MR) is 116 cm³/mol. The smallest absolute Gasteiger partial charge is 0.264 e. The Hall–Kier alpha value is -2.38. The van der Waals surface area contributed by atoms with Crippen molar-refractivity contribution in [3.8, 4) is 5.75 Å². The van der Waals surface area contributed by atoms with Gasteiger partial charge < -0.3 is 19.7 Å². The molecule has 4 rings (SSSR count). The summed E-state index contributed by atoms with van der Waals surface area (Å²) < 4.78 is 10.9. The van der Waals surface area contributed by atoms with E-state index in [-0.39, 0.29) is 17.7 Å². The highest BCUT2D eigenvalue weighted by Crippen LogP contribution is 2.33. The number of nitrogens with zero attached hydrogens (tertiary/aromatic N) is 1. The van der Waals surface area contributed by atoms with E-state index in [9.17, 15) is 9.59 Å². The summed E-state index contributed by atoms with van der Waals surface area (Å²) in [7, 11) is 0. The van der Waals surface area contributed by atoms with Crippen molar-refractivity contribution in [3.63, 3.8) is 0 Å². The van der Waals surface area contributed by atoms with Gasteiger partial charge in [0.25, 0.3) is 5.91 Å². The van der Waals surface area contributed by atoms with Crippen molar-refractivity contribution in [3.05, 3.63) is 51.2 Å². The van der Waals surface area contributed by atoms with Crippen LogP contribution in [0.2, 0.25) is 0 Å². The van der Waals surface area contributed by atoms with Gasteiger partial charge in [0.05, 0.1) is 24.7 Å². The Morgan fingerprint density at radius 1 is 1.27 bits per heavy atom.